The van der Waals surface area contributed by atoms with E-state index in [9.17, 15) is 9.59 Å². The third-order valence-corrected chi connectivity index (χ3v) is 3.96. The van der Waals surface area contributed by atoms with Crippen LogP contribution in [0.2, 0.25) is 5.02 Å². The second kappa shape index (κ2) is 8.43. The van der Waals surface area contributed by atoms with Gasteiger partial charge in [0.05, 0.1) is 6.54 Å². The second-order valence-electron chi connectivity index (χ2n) is 5.67. The van der Waals surface area contributed by atoms with Crippen LogP contribution in [-0.2, 0) is 11.4 Å². The van der Waals surface area contributed by atoms with E-state index in [0.29, 0.717) is 16.1 Å². The van der Waals surface area contributed by atoms with Crippen LogP contribution in [0.5, 0.6) is 5.75 Å². The zero-order valence-corrected chi connectivity index (χ0v) is 15.3. The average molecular weight is 394 g/mol. The molecule has 0 aliphatic carbocycles. The molecule has 0 unspecified atom stereocenters. The molecule has 0 aliphatic rings. The van der Waals surface area contributed by atoms with E-state index in [1.54, 1.807) is 18.2 Å². The average Bonchev–Trinajstić information content (AvgIpc) is 2.62. The molecule has 0 bridgehead atoms. The summed E-state index contributed by atoms with van der Waals surface area (Å²) in [7, 11) is 1.47. The summed E-state index contributed by atoms with van der Waals surface area (Å²) >= 11 is 6.18. The molecule has 0 fully saturated rings. The van der Waals surface area contributed by atoms with Crippen LogP contribution in [-0.4, -0.2) is 35.3 Å². The molecule has 10 nitrogen and oxygen atoms in total. The van der Waals surface area contributed by atoms with Gasteiger partial charge in [-0.15, -0.1) is 0 Å². The summed E-state index contributed by atoms with van der Waals surface area (Å²) in [4.78, 5) is 28.5. The number of rotatable bonds is 7. The Bertz CT molecular complexity index is 875. The van der Waals surface area contributed by atoms with E-state index in [2.05, 4.69) is 10.4 Å². The molecule has 11 heteroatoms. The molecule has 0 radical (unpaired) electrons. The van der Waals surface area contributed by atoms with E-state index in [1.165, 1.54) is 18.0 Å². The SMILES string of the molecule is CN(CC(N)=O)C(=O)c1ccc(Cl)c(COc2cc(N)nc(NN)c2N)c1. The fourth-order valence-corrected chi connectivity index (χ4v) is 2.45. The van der Waals surface area contributed by atoms with Gasteiger partial charge in [0.1, 0.15) is 23.9 Å². The molecule has 2 aromatic rings. The van der Waals surface area contributed by atoms with Crippen molar-refractivity contribution in [2.75, 3.05) is 30.5 Å². The minimum absolute atomic E-state index is 0.0111. The maximum Gasteiger partial charge on any atom is 0.254 e. The minimum Gasteiger partial charge on any atom is -0.486 e. The molecule has 0 atom stereocenters. The summed E-state index contributed by atoms with van der Waals surface area (Å²) in [5, 5.41) is 0.391. The van der Waals surface area contributed by atoms with Crippen LogP contribution < -0.4 is 33.2 Å². The van der Waals surface area contributed by atoms with Crippen molar-refractivity contribution in [1.29, 1.82) is 0 Å². The van der Waals surface area contributed by atoms with E-state index < -0.39 is 5.91 Å². The highest BCUT2D eigenvalue weighted by Crippen LogP contribution is 2.31. The van der Waals surface area contributed by atoms with E-state index >= 15 is 0 Å². The maximum absolute atomic E-state index is 12.4. The largest absolute Gasteiger partial charge is 0.486 e. The van der Waals surface area contributed by atoms with Gasteiger partial charge in [0.25, 0.3) is 5.91 Å². The lowest BCUT2D eigenvalue weighted by Crippen LogP contribution is -2.35. The smallest absolute Gasteiger partial charge is 0.254 e. The molecule has 2 amide bonds. The van der Waals surface area contributed by atoms with Gasteiger partial charge in [-0.1, -0.05) is 11.6 Å². The minimum atomic E-state index is -0.613. The van der Waals surface area contributed by atoms with E-state index in [4.69, 9.17) is 39.4 Å². The highest BCUT2D eigenvalue weighted by molar-refractivity contribution is 6.31. The van der Waals surface area contributed by atoms with E-state index in [-0.39, 0.29) is 42.1 Å². The van der Waals surface area contributed by atoms with Crippen molar-refractivity contribution < 1.29 is 14.3 Å². The van der Waals surface area contributed by atoms with Gasteiger partial charge in [0, 0.05) is 29.3 Å². The van der Waals surface area contributed by atoms with Crippen LogP contribution in [0.3, 0.4) is 0 Å². The summed E-state index contributed by atoms with van der Waals surface area (Å²) in [5.41, 5.74) is 20.1. The van der Waals surface area contributed by atoms with Crippen molar-refractivity contribution in [2.45, 2.75) is 6.61 Å². The molecule has 0 spiro atoms. The summed E-state index contributed by atoms with van der Waals surface area (Å²) in [5.74, 6) is 4.94. The fourth-order valence-electron chi connectivity index (χ4n) is 2.28. The Balaban J connectivity index is 2.21. The van der Waals surface area contributed by atoms with Gasteiger partial charge in [-0.25, -0.2) is 10.8 Å². The molecular formula is C16H20ClN7O3. The van der Waals surface area contributed by atoms with Gasteiger partial charge < -0.3 is 32.3 Å². The maximum atomic E-state index is 12.4. The first-order valence-electron chi connectivity index (χ1n) is 7.70. The van der Waals surface area contributed by atoms with Crippen LogP contribution >= 0.6 is 11.6 Å². The van der Waals surface area contributed by atoms with Gasteiger partial charge in [-0.2, -0.15) is 0 Å². The lowest BCUT2D eigenvalue weighted by Gasteiger charge is -2.17. The lowest BCUT2D eigenvalue weighted by molar-refractivity contribution is -0.118. The number of primary amides is 1. The Morgan fingerprint density at radius 1 is 1.30 bits per heavy atom. The first kappa shape index (κ1) is 20.1. The number of amides is 2. The molecular weight excluding hydrogens is 374 g/mol. The van der Waals surface area contributed by atoms with Gasteiger partial charge in [0.2, 0.25) is 5.91 Å². The number of ether oxygens (including phenoxy) is 1. The predicted octanol–water partition coefficient (Wildman–Crippen LogP) is 0.321. The fraction of sp³-hybridized carbons (Fsp3) is 0.188. The van der Waals surface area contributed by atoms with Crippen molar-refractivity contribution in [3.63, 3.8) is 0 Å². The van der Waals surface area contributed by atoms with Crippen LogP contribution in [0, 0.1) is 0 Å². The Morgan fingerprint density at radius 3 is 2.63 bits per heavy atom. The van der Waals surface area contributed by atoms with Gasteiger partial charge in [0.15, 0.2) is 5.82 Å². The molecule has 0 saturated heterocycles. The van der Waals surface area contributed by atoms with Gasteiger partial charge >= 0.3 is 0 Å². The summed E-state index contributed by atoms with van der Waals surface area (Å²) < 4.78 is 5.66. The highest BCUT2D eigenvalue weighted by atomic mass is 35.5. The zero-order chi connectivity index (χ0) is 20.1. The number of nitrogens with zero attached hydrogens (tertiary/aromatic N) is 2. The topological polar surface area (TPSA) is 176 Å². The third kappa shape index (κ3) is 4.90. The number of likely N-dealkylation sites (N-methyl/N-ethyl adjacent to an activating group) is 1. The van der Waals surface area contributed by atoms with Crippen molar-refractivity contribution >= 4 is 40.7 Å². The van der Waals surface area contributed by atoms with Crippen LogP contribution in [0.25, 0.3) is 0 Å². The number of hydrogen-bond donors (Lipinski definition) is 5. The number of nitrogen functional groups attached to an aromatic ring is 3. The number of nitrogens with two attached hydrogens (primary N) is 4. The first-order chi connectivity index (χ1) is 12.7. The Morgan fingerprint density at radius 2 is 2.00 bits per heavy atom. The van der Waals surface area contributed by atoms with Gasteiger partial charge in [-0.05, 0) is 18.2 Å². The number of nitrogens with one attached hydrogen (secondary N) is 1. The molecule has 1 aromatic carbocycles. The molecule has 1 heterocycles. The molecule has 2 rings (SSSR count). The standard InChI is InChI=1S/C16H20ClN7O3/c1-24(6-13(19)25)16(26)8-2-3-10(17)9(4-8)7-27-11-5-12(18)22-15(23-21)14(11)20/h2-5H,6-7,20-21H2,1H3,(H2,19,25)(H3,18,22,23). The third-order valence-electron chi connectivity index (χ3n) is 3.59. The zero-order valence-electron chi connectivity index (χ0n) is 14.5. The highest BCUT2D eigenvalue weighted by Gasteiger charge is 2.16. The quantitative estimate of drug-likeness (QED) is 0.330. The predicted molar refractivity (Wildman–Crippen MR) is 103 cm³/mol. The van der Waals surface area contributed by atoms with Crippen molar-refractivity contribution in [3.05, 3.63) is 40.4 Å². The molecule has 1 aromatic heterocycles. The number of anilines is 3. The second-order valence-corrected chi connectivity index (χ2v) is 6.08. The normalized spacial score (nSPS) is 10.3. The lowest BCUT2D eigenvalue weighted by atomic mass is 10.1. The monoisotopic (exact) mass is 393 g/mol. The number of carbonyl (C=O) groups is 2. The summed E-state index contributed by atoms with van der Waals surface area (Å²) in [6, 6.07) is 6.11. The molecule has 0 saturated carbocycles. The summed E-state index contributed by atoms with van der Waals surface area (Å²) in [6.45, 7) is -0.188. The number of carbonyl (C=O) groups excluding carboxylic acids is 2. The van der Waals surface area contributed by atoms with Crippen molar-refractivity contribution in [2.24, 2.45) is 11.6 Å². The molecule has 144 valence electrons. The van der Waals surface area contributed by atoms with Crippen molar-refractivity contribution in [3.8, 4) is 5.75 Å². The molecule has 27 heavy (non-hydrogen) atoms. The number of aromatic nitrogens is 1. The molecule has 0 aliphatic heterocycles. The first-order valence-corrected chi connectivity index (χ1v) is 8.08. The van der Waals surface area contributed by atoms with Gasteiger partial charge in [-0.3, -0.25) is 9.59 Å². The van der Waals surface area contributed by atoms with Crippen LogP contribution in [0.4, 0.5) is 17.3 Å². The number of pyridine rings is 1. The number of benzene rings is 1. The van der Waals surface area contributed by atoms with Crippen LogP contribution in [0.1, 0.15) is 15.9 Å². The number of hydrogen-bond acceptors (Lipinski definition) is 8. The number of halogens is 1. The Labute approximate surface area is 160 Å². The Kier molecular flexibility index (Phi) is 6.27. The van der Waals surface area contributed by atoms with Crippen LogP contribution in [0.15, 0.2) is 24.3 Å². The summed E-state index contributed by atoms with van der Waals surface area (Å²) in [6.07, 6.45) is 0. The number of hydrazine groups is 1. The van der Waals surface area contributed by atoms with E-state index in [0.717, 1.165) is 0 Å². The van der Waals surface area contributed by atoms with E-state index in [1.807, 2.05) is 0 Å². The molecule has 9 N–H and O–H groups in total. The Hall–Kier alpha value is -3.24. The van der Waals surface area contributed by atoms with Crippen molar-refractivity contribution in [1.82, 2.24) is 9.88 Å².